The van der Waals surface area contributed by atoms with Crippen molar-refractivity contribution in [2.75, 3.05) is 6.54 Å². The Labute approximate surface area is 201 Å². The van der Waals surface area contributed by atoms with Gasteiger partial charge in [0.1, 0.15) is 0 Å². The molecule has 1 unspecified atom stereocenters. The Bertz CT molecular complexity index is 1150. The molecular formula is C27H32N4OS. The zero-order chi connectivity index (χ0) is 23.5. The molecule has 2 aromatic carbocycles. The third kappa shape index (κ3) is 4.86. The topological polar surface area (TPSA) is 54.2 Å². The lowest BCUT2D eigenvalue weighted by Crippen LogP contribution is -2.47. The highest BCUT2D eigenvalue weighted by Crippen LogP contribution is 2.37. The van der Waals surface area contributed by atoms with Crippen LogP contribution in [0.5, 0.6) is 0 Å². The fourth-order valence-electron chi connectivity index (χ4n) is 4.18. The molecule has 2 heterocycles. The van der Waals surface area contributed by atoms with E-state index in [9.17, 15) is 0 Å². The van der Waals surface area contributed by atoms with E-state index in [-0.39, 0.29) is 6.04 Å². The van der Waals surface area contributed by atoms with Crippen LogP contribution in [0.3, 0.4) is 0 Å². The zero-order valence-corrected chi connectivity index (χ0v) is 20.9. The molecule has 0 bridgehead atoms. The van der Waals surface area contributed by atoms with Crippen LogP contribution in [0.15, 0.2) is 58.8 Å². The van der Waals surface area contributed by atoms with Crippen molar-refractivity contribution in [1.29, 1.82) is 0 Å². The van der Waals surface area contributed by atoms with E-state index in [1.807, 2.05) is 0 Å². The monoisotopic (exact) mass is 460 g/mol. The third-order valence-electron chi connectivity index (χ3n) is 6.14. The second kappa shape index (κ2) is 9.87. The second-order valence-corrected chi connectivity index (χ2v) is 9.34. The van der Waals surface area contributed by atoms with Crippen LogP contribution in [0.2, 0.25) is 0 Å². The molecule has 1 N–H and O–H groups in total. The van der Waals surface area contributed by atoms with Crippen molar-refractivity contribution in [3.05, 3.63) is 76.8 Å². The van der Waals surface area contributed by atoms with Crippen LogP contribution in [0.1, 0.15) is 63.2 Å². The lowest BCUT2D eigenvalue weighted by Gasteiger charge is -2.38. The summed E-state index contributed by atoms with van der Waals surface area (Å²) in [4.78, 5) is 6.96. The van der Waals surface area contributed by atoms with E-state index < -0.39 is 0 Å². The highest BCUT2D eigenvalue weighted by atomic mass is 32.1. The molecule has 0 amide bonds. The van der Waals surface area contributed by atoms with E-state index in [1.54, 1.807) is 0 Å². The van der Waals surface area contributed by atoms with Crippen molar-refractivity contribution in [2.45, 2.75) is 53.5 Å². The largest absolute Gasteiger partial charge is 0.351 e. The van der Waals surface area contributed by atoms with Crippen LogP contribution in [0.4, 0.5) is 0 Å². The summed E-state index contributed by atoms with van der Waals surface area (Å²) in [5, 5.41) is 8.58. The molecule has 1 aromatic heterocycles. The van der Waals surface area contributed by atoms with E-state index in [4.69, 9.17) is 21.7 Å². The van der Waals surface area contributed by atoms with Gasteiger partial charge in [-0.2, -0.15) is 4.98 Å². The summed E-state index contributed by atoms with van der Waals surface area (Å²) in [6, 6.07) is 16.8. The maximum absolute atomic E-state index is 5.84. The van der Waals surface area contributed by atoms with E-state index in [0.717, 1.165) is 46.9 Å². The molecule has 0 radical (unpaired) electrons. The summed E-state index contributed by atoms with van der Waals surface area (Å²) in [6.45, 7) is 11.6. The number of aryl methyl sites for hydroxylation is 2. The van der Waals surface area contributed by atoms with E-state index >= 15 is 0 Å². The SMILES string of the molecule is CCc1ccc(-c2noc(C3=C(C)N(CC(C)C)C(=S)NC3c3ccc(CC)cc3)n2)cc1. The second-order valence-electron chi connectivity index (χ2n) is 8.95. The van der Waals surface area contributed by atoms with Crippen molar-refractivity contribution in [2.24, 2.45) is 5.92 Å². The number of thiocarbonyl (C=S) groups is 1. The standard InChI is InChI=1S/C27H32N4OS/c1-6-19-8-12-21(13-9-19)24-23(18(5)31(16-17(3)4)27(33)28-24)26-29-25(30-32-26)22-14-10-20(7-2)11-15-22/h8-15,17,24H,6-7,16H2,1-5H3,(H,28,33). The first-order chi connectivity index (χ1) is 15.9. The summed E-state index contributed by atoms with van der Waals surface area (Å²) < 4.78 is 5.84. The number of aromatic nitrogens is 2. The Balaban J connectivity index is 1.77. The fourth-order valence-corrected chi connectivity index (χ4v) is 4.51. The first-order valence-electron chi connectivity index (χ1n) is 11.7. The molecule has 172 valence electrons. The zero-order valence-electron chi connectivity index (χ0n) is 20.1. The van der Waals surface area contributed by atoms with Crippen LogP contribution >= 0.6 is 12.2 Å². The Morgan fingerprint density at radius 3 is 2.18 bits per heavy atom. The molecule has 0 fully saturated rings. The summed E-state index contributed by atoms with van der Waals surface area (Å²) in [5.41, 5.74) is 6.68. The van der Waals surface area contributed by atoms with Gasteiger partial charge in [-0.1, -0.05) is 81.4 Å². The Hall–Kier alpha value is -2.99. The van der Waals surface area contributed by atoms with Gasteiger partial charge >= 0.3 is 0 Å². The van der Waals surface area contributed by atoms with Gasteiger partial charge in [-0.3, -0.25) is 0 Å². The highest BCUT2D eigenvalue weighted by molar-refractivity contribution is 7.80. The molecule has 1 aliphatic heterocycles. The quantitative estimate of drug-likeness (QED) is 0.425. The summed E-state index contributed by atoms with van der Waals surface area (Å²) in [5.74, 6) is 1.57. The molecule has 4 rings (SSSR count). The lowest BCUT2D eigenvalue weighted by molar-refractivity contribution is 0.386. The fraction of sp³-hybridized carbons (Fsp3) is 0.370. The van der Waals surface area contributed by atoms with Crippen LogP contribution in [-0.4, -0.2) is 26.7 Å². The maximum Gasteiger partial charge on any atom is 0.258 e. The van der Waals surface area contributed by atoms with E-state index in [0.29, 0.717) is 17.6 Å². The van der Waals surface area contributed by atoms with Gasteiger partial charge in [-0.15, -0.1) is 0 Å². The molecule has 0 saturated heterocycles. The molecule has 0 spiro atoms. The summed E-state index contributed by atoms with van der Waals surface area (Å²) in [6.07, 6.45) is 2.00. The van der Waals surface area contributed by atoms with Gasteiger partial charge in [-0.05, 0) is 54.6 Å². The van der Waals surface area contributed by atoms with Gasteiger partial charge in [0.2, 0.25) is 5.82 Å². The molecule has 0 saturated carbocycles. The number of rotatable bonds is 7. The minimum absolute atomic E-state index is 0.150. The number of benzene rings is 2. The molecule has 0 aliphatic carbocycles. The molecular weight excluding hydrogens is 428 g/mol. The van der Waals surface area contributed by atoms with Gasteiger partial charge in [0.05, 0.1) is 11.6 Å². The van der Waals surface area contributed by atoms with Crippen LogP contribution in [-0.2, 0) is 12.8 Å². The maximum atomic E-state index is 5.84. The molecule has 3 aromatic rings. The first kappa shape index (κ1) is 23.2. The average molecular weight is 461 g/mol. The van der Waals surface area contributed by atoms with Crippen molar-refractivity contribution >= 4 is 22.9 Å². The molecule has 6 heteroatoms. The van der Waals surface area contributed by atoms with Crippen molar-refractivity contribution in [3.8, 4) is 11.4 Å². The highest BCUT2D eigenvalue weighted by Gasteiger charge is 2.34. The first-order valence-corrected chi connectivity index (χ1v) is 12.1. The Kier molecular flexibility index (Phi) is 6.94. The van der Waals surface area contributed by atoms with Crippen molar-refractivity contribution in [1.82, 2.24) is 20.4 Å². The van der Waals surface area contributed by atoms with Crippen LogP contribution in [0, 0.1) is 5.92 Å². The Morgan fingerprint density at radius 2 is 1.61 bits per heavy atom. The van der Waals surface area contributed by atoms with E-state index in [2.05, 4.69) is 98.5 Å². The van der Waals surface area contributed by atoms with Crippen molar-refractivity contribution in [3.63, 3.8) is 0 Å². The van der Waals surface area contributed by atoms with Crippen molar-refractivity contribution < 1.29 is 4.52 Å². The molecule has 1 atom stereocenters. The van der Waals surface area contributed by atoms with E-state index in [1.165, 1.54) is 11.1 Å². The predicted molar refractivity (Wildman–Crippen MR) is 138 cm³/mol. The normalized spacial score (nSPS) is 16.5. The van der Waals surface area contributed by atoms with Gasteiger partial charge in [-0.25, -0.2) is 0 Å². The molecule has 1 aliphatic rings. The molecule has 33 heavy (non-hydrogen) atoms. The van der Waals surface area contributed by atoms with Gasteiger partial charge in [0.15, 0.2) is 5.11 Å². The molecule has 5 nitrogen and oxygen atoms in total. The average Bonchev–Trinajstić information content (AvgIpc) is 3.31. The summed E-state index contributed by atoms with van der Waals surface area (Å²) in [7, 11) is 0. The van der Waals surface area contributed by atoms with Gasteiger partial charge in [0.25, 0.3) is 5.89 Å². The number of allylic oxidation sites excluding steroid dienone is 1. The van der Waals surface area contributed by atoms with Crippen LogP contribution < -0.4 is 5.32 Å². The number of hydrogen-bond acceptors (Lipinski definition) is 4. The minimum atomic E-state index is -0.150. The lowest BCUT2D eigenvalue weighted by atomic mass is 9.93. The third-order valence-corrected chi connectivity index (χ3v) is 6.48. The Morgan fingerprint density at radius 1 is 1.00 bits per heavy atom. The van der Waals surface area contributed by atoms with Gasteiger partial charge < -0.3 is 14.7 Å². The number of hydrogen-bond donors (Lipinski definition) is 1. The smallest absolute Gasteiger partial charge is 0.258 e. The number of nitrogens with zero attached hydrogens (tertiary/aromatic N) is 3. The summed E-state index contributed by atoms with van der Waals surface area (Å²) >= 11 is 5.77. The predicted octanol–water partition coefficient (Wildman–Crippen LogP) is 6.18. The van der Waals surface area contributed by atoms with Crippen LogP contribution in [0.25, 0.3) is 17.0 Å². The minimum Gasteiger partial charge on any atom is -0.351 e. The van der Waals surface area contributed by atoms with Gasteiger partial charge in [0, 0.05) is 17.8 Å². The number of nitrogens with one attached hydrogen (secondary N) is 1.